The van der Waals surface area contributed by atoms with Crippen LogP contribution in [0.15, 0.2) is 30.6 Å². The zero-order chi connectivity index (χ0) is 15.6. The van der Waals surface area contributed by atoms with E-state index in [-0.39, 0.29) is 18.3 Å². The van der Waals surface area contributed by atoms with E-state index < -0.39 is 5.54 Å². The number of thiophene rings is 1. The quantitative estimate of drug-likeness (QED) is 0.917. The average Bonchev–Trinajstić information content (AvgIpc) is 3.19. The predicted octanol–water partition coefficient (Wildman–Crippen LogP) is 2.41. The van der Waals surface area contributed by atoms with Crippen LogP contribution >= 0.6 is 23.7 Å². The van der Waals surface area contributed by atoms with Crippen LogP contribution in [0.1, 0.15) is 22.6 Å². The molecule has 5 nitrogen and oxygen atoms in total. The minimum absolute atomic E-state index is 0. The molecule has 0 aliphatic carbocycles. The maximum absolute atomic E-state index is 13.2. The van der Waals surface area contributed by atoms with E-state index in [1.807, 2.05) is 28.9 Å². The number of carbonyl (C=O) groups is 1. The van der Waals surface area contributed by atoms with E-state index in [1.165, 1.54) is 9.75 Å². The van der Waals surface area contributed by atoms with Crippen LogP contribution in [-0.2, 0) is 16.9 Å². The van der Waals surface area contributed by atoms with E-state index in [2.05, 4.69) is 29.5 Å². The monoisotopic (exact) mass is 354 g/mol. The van der Waals surface area contributed by atoms with Crippen molar-refractivity contribution in [2.24, 2.45) is 0 Å². The summed E-state index contributed by atoms with van der Waals surface area (Å²) in [5.74, 6) is 0.156. The number of hydrogen-bond donors (Lipinski definition) is 1. The Morgan fingerprint density at radius 2 is 2.17 bits per heavy atom. The van der Waals surface area contributed by atoms with E-state index in [4.69, 9.17) is 0 Å². The standard InChI is InChI=1S/C16H22N4OS.ClH/c1-13-4-5-14(22-13)12-19(2)15(21)16(6-9-17-10-7-16)20-11-3-8-18-20;/h3-5,8,11,17H,6-7,9-10,12H2,1-2H3;1H. The maximum atomic E-state index is 13.2. The molecule has 1 saturated heterocycles. The maximum Gasteiger partial charge on any atom is 0.250 e. The van der Waals surface area contributed by atoms with Gasteiger partial charge in [-0.15, -0.1) is 23.7 Å². The van der Waals surface area contributed by atoms with Crippen LogP contribution in [0.25, 0.3) is 0 Å². The molecule has 0 saturated carbocycles. The van der Waals surface area contributed by atoms with Gasteiger partial charge in [-0.25, -0.2) is 0 Å². The molecule has 1 fully saturated rings. The van der Waals surface area contributed by atoms with Gasteiger partial charge in [0.15, 0.2) is 0 Å². The summed E-state index contributed by atoms with van der Waals surface area (Å²) in [4.78, 5) is 17.5. The Morgan fingerprint density at radius 3 is 2.74 bits per heavy atom. The number of nitrogens with zero attached hydrogens (tertiary/aromatic N) is 3. The summed E-state index contributed by atoms with van der Waals surface area (Å²) in [6, 6.07) is 6.10. The van der Waals surface area contributed by atoms with Crippen molar-refractivity contribution in [3.05, 3.63) is 40.3 Å². The van der Waals surface area contributed by atoms with Crippen molar-refractivity contribution < 1.29 is 4.79 Å². The van der Waals surface area contributed by atoms with Crippen molar-refractivity contribution in [2.45, 2.75) is 31.8 Å². The SMILES string of the molecule is Cc1ccc(CN(C)C(=O)C2(n3cccn3)CCNCC2)s1.Cl. The number of halogens is 1. The molecule has 0 atom stereocenters. The van der Waals surface area contributed by atoms with Gasteiger partial charge in [0.05, 0.1) is 6.54 Å². The first-order valence-corrected chi connectivity index (χ1v) is 8.45. The first-order valence-electron chi connectivity index (χ1n) is 7.63. The molecule has 2 aromatic heterocycles. The van der Waals surface area contributed by atoms with Gasteiger partial charge in [-0.3, -0.25) is 9.48 Å². The van der Waals surface area contributed by atoms with Crippen LogP contribution in [0.4, 0.5) is 0 Å². The molecule has 1 aliphatic heterocycles. The fraction of sp³-hybridized carbons (Fsp3) is 0.500. The Bertz CT molecular complexity index is 634. The average molecular weight is 355 g/mol. The normalized spacial score (nSPS) is 16.6. The number of amides is 1. The lowest BCUT2D eigenvalue weighted by molar-refractivity contribution is -0.142. The molecule has 1 aliphatic rings. The second-order valence-corrected chi connectivity index (χ2v) is 7.28. The highest BCUT2D eigenvalue weighted by Crippen LogP contribution is 2.30. The molecule has 2 aromatic rings. The summed E-state index contributed by atoms with van der Waals surface area (Å²) in [6.07, 6.45) is 5.22. The van der Waals surface area contributed by atoms with Crippen LogP contribution in [0.3, 0.4) is 0 Å². The Balaban J connectivity index is 0.00000192. The van der Waals surface area contributed by atoms with Gasteiger partial charge in [-0.05, 0) is 51.1 Å². The van der Waals surface area contributed by atoms with Gasteiger partial charge in [0, 0.05) is 29.2 Å². The largest absolute Gasteiger partial charge is 0.339 e. The summed E-state index contributed by atoms with van der Waals surface area (Å²) < 4.78 is 1.85. The number of likely N-dealkylation sites (N-methyl/N-ethyl adjacent to an activating group) is 1. The lowest BCUT2D eigenvalue weighted by Gasteiger charge is -2.39. The molecule has 0 bridgehead atoms. The number of aromatic nitrogens is 2. The van der Waals surface area contributed by atoms with Gasteiger partial charge >= 0.3 is 0 Å². The Morgan fingerprint density at radius 1 is 1.43 bits per heavy atom. The van der Waals surface area contributed by atoms with Gasteiger partial charge in [-0.1, -0.05) is 0 Å². The van der Waals surface area contributed by atoms with Crippen LogP contribution in [0.2, 0.25) is 0 Å². The molecule has 3 rings (SSSR count). The number of carbonyl (C=O) groups excluding carboxylic acids is 1. The van der Waals surface area contributed by atoms with Crippen molar-refractivity contribution in [3.8, 4) is 0 Å². The molecule has 0 aromatic carbocycles. The molecule has 1 amide bonds. The van der Waals surface area contributed by atoms with Crippen LogP contribution < -0.4 is 5.32 Å². The number of rotatable bonds is 4. The topological polar surface area (TPSA) is 50.2 Å². The lowest BCUT2D eigenvalue weighted by atomic mass is 9.87. The van der Waals surface area contributed by atoms with Gasteiger partial charge in [0.2, 0.25) is 0 Å². The Kier molecular flexibility index (Phi) is 5.84. The molecule has 0 radical (unpaired) electrons. The summed E-state index contributed by atoms with van der Waals surface area (Å²) in [5.41, 5.74) is -0.546. The first-order chi connectivity index (χ1) is 10.6. The zero-order valence-corrected chi connectivity index (χ0v) is 15.1. The van der Waals surface area contributed by atoms with Crippen molar-refractivity contribution in [1.29, 1.82) is 0 Å². The second-order valence-electron chi connectivity index (χ2n) is 5.91. The first kappa shape index (κ1) is 18.0. The Hall–Kier alpha value is -1.37. The third-order valence-corrected chi connectivity index (χ3v) is 5.29. The summed E-state index contributed by atoms with van der Waals surface area (Å²) in [6.45, 7) is 4.44. The molecular formula is C16H23ClN4OS. The van der Waals surface area contributed by atoms with Gasteiger partial charge in [-0.2, -0.15) is 5.10 Å². The van der Waals surface area contributed by atoms with Gasteiger partial charge in [0.25, 0.3) is 5.91 Å². The van der Waals surface area contributed by atoms with Gasteiger partial charge in [0.1, 0.15) is 5.54 Å². The van der Waals surface area contributed by atoms with Crippen molar-refractivity contribution in [2.75, 3.05) is 20.1 Å². The van der Waals surface area contributed by atoms with Gasteiger partial charge < -0.3 is 10.2 Å². The number of nitrogens with one attached hydrogen (secondary N) is 1. The smallest absolute Gasteiger partial charge is 0.250 e. The Labute approximate surface area is 147 Å². The predicted molar refractivity (Wildman–Crippen MR) is 95.1 cm³/mol. The van der Waals surface area contributed by atoms with E-state index >= 15 is 0 Å². The highest BCUT2D eigenvalue weighted by molar-refractivity contribution is 7.11. The highest BCUT2D eigenvalue weighted by Gasteiger charge is 2.43. The van der Waals surface area contributed by atoms with Crippen molar-refractivity contribution >= 4 is 29.7 Å². The molecule has 23 heavy (non-hydrogen) atoms. The third kappa shape index (κ3) is 3.59. The van der Waals surface area contributed by atoms with E-state index in [0.717, 1.165) is 25.9 Å². The fourth-order valence-electron chi connectivity index (χ4n) is 3.13. The molecular weight excluding hydrogens is 332 g/mol. The molecule has 3 heterocycles. The molecule has 1 N–H and O–H groups in total. The number of aryl methyl sites for hydroxylation is 1. The van der Waals surface area contributed by atoms with Crippen molar-refractivity contribution in [3.63, 3.8) is 0 Å². The number of hydrogen-bond acceptors (Lipinski definition) is 4. The van der Waals surface area contributed by atoms with E-state index in [1.54, 1.807) is 17.5 Å². The third-order valence-electron chi connectivity index (χ3n) is 4.31. The molecule has 7 heteroatoms. The molecule has 0 spiro atoms. The zero-order valence-electron chi connectivity index (χ0n) is 13.5. The fourth-order valence-corrected chi connectivity index (χ4v) is 4.08. The summed E-state index contributed by atoms with van der Waals surface area (Å²) >= 11 is 1.75. The minimum atomic E-state index is -0.546. The van der Waals surface area contributed by atoms with E-state index in [9.17, 15) is 4.79 Å². The highest BCUT2D eigenvalue weighted by atomic mass is 35.5. The van der Waals surface area contributed by atoms with Crippen molar-refractivity contribution in [1.82, 2.24) is 20.0 Å². The molecule has 126 valence electrons. The number of piperidine rings is 1. The second kappa shape index (κ2) is 7.47. The van der Waals surface area contributed by atoms with Crippen LogP contribution in [0, 0.1) is 6.92 Å². The summed E-state index contributed by atoms with van der Waals surface area (Å²) in [5, 5.41) is 7.71. The molecule has 0 unspecified atom stereocenters. The van der Waals surface area contributed by atoms with Crippen LogP contribution in [-0.4, -0.2) is 40.7 Å². The minimum Gasteiger partial charge on any atom is -0.339 e. The summed E-state index contributed by atoms with van der Waals surface area (Å²) in [7, 11) is 1.89. The lowest BCUT2D eigenvalue weighted by Crippen LogP contribution is -2.54. The van der Waals surface area contributed by atoms with E-state index in [0.29, 0.717) is 6.54 Å². The van der Waals surface area contributed by atoms with Crippen LogP contribution in [0.5, 0.6) is 0 Å².